The topological polar surface area (TPSA) is 11.4 Å². The molecular formula is C82H74BN3. The highest BCUT2D eigenvalue weighted by atomic mass is 15.2. The molecule has 2 aliphatic heterocycles. The third kappa shape index (κ3) is 8.85. The second kappa shape index (κ2) is 19.7. The first-order chi connectivity index (χ1) is 41.4. The zero-order valence-electron chi connectivity index (χ0n) is 51.4. The second-order valence-corrected chi connectivity index (χ2v) is 28.1. The van der Waals surface area contributed by atoms with Crippen molar-refractivity contribution in [1.82, 2.24) is 4.57 Å². The molecule has 15 rings (SSSR count). The highest BCUT2D eigenvalue weighted by Gasteiger charge is 2.45. The van der Waals surface area contributed by atoms with Gasteiger partial charge in [0.25, 0.3) is 6.71 Å². The maximum absolute atomic E-state index is 2.58. The minimum atomic E-state index is -0.116. The monoisotopic (exact) mass is 1110 g/mol. The molecule has 4 heteroatoms. The van der Waals surface area contributed by atoms with Crippen LogP contribution < -0.4 is 26.2 Å². The van der Waals surface area contributed by atoms with Crippen molar-refractivity contribution in [2.24, 2.45) is 0 Å². The predicted octanol–water partition coefficient (Wildman–Crippen LogP) is 20.5. The zero-order valence-corrected chi connectivity index (χ0v) is 51.4. The minimum Gasteiger partial charge on any atom is -0.311 e. The van der Waals surface area contributed by atoms with Gasteiger partial charge < -0.3 is 14.4 Å². The van der Waals surface area contributed by atoms with E-state index >= 15 is 0 Å². The van der Waals surface area contributed by atoms with Crippen molar-refractivity contribution >= 4 is 79.0 Å². The Kier molecular flexibility index (Phi) is 12.3. The molecule has 0 saturated heterocycles. The van der Waals surface area contributed by atoms with Gasteiger partial charge in [0.1, 0.15) is 0 Å². The molecule has 0 saturated carbocycles. The Labute approximate surface area is 509 Å². The van der Waals surface area contributed by atoms with Gasteiger partial charge in [-0.15, -0.1) is 0 Å². The zero-order chi connectivity index (χ0) is 59.0. The molecule has 12 aromatic rings. The van der Waals surface area contributed by atoms with Crippen molar-refractivity contribution in [3.8, 4) is 50.2 Å². The van der Waals surface area contributed by atoms with E-state index in [4.69, 9.17) is 0 Å². The number of anilines is 6. The number of hydrogen-bond acceptors (Lipinski definition) is 2. The van der Waals surface area contributed by atoms with Gasteiger partial charge in [-0.3, -0.25) is 0 Å². The summed E-state index contributed by atoms with van der Waals surface area (Å²) in [5.74, 6) is 0. The third-order valence-corrected chi connectivity index (χ3v) is 19.5. The molecule has 0 amide bonds. The van der Waals surface area contributed by atoms with Gasteiger partial charge in [0.05, 0.1) is 16.7 Å². The molecule has 0 N–H and O–H groups in total. The van der Waals surface area contributed by atoms with Gasteiger partial charge in [-0.05, 0) is 178 Å². The van der Waals surface area contributed by atoms with E-state index in [1.54, 1.807) is 0 Å². The highest BCUT2D eigenvalue weighted by molar-refractivity contribution is 7.00. The van der Waals surface area contributed by atoms with E-state index in [0.717, 1.165) is 17.1 Å². The first-order valence-corrected chi connectivity index (χ1v) is 31.1. The molecule has 1 aliphatic carbocycles. The molecule has 1 aromatic heterocycles. The molecule has 0 fully saturated rings. The SMILES string of the molecule is CC(C)(C)c1cc(-c2ccc(N3c4ccc(-c5ccccc5)cc4B4c5cc(-c6ccccc6)ccc5N(c5ccc(-c6ccc7c(c6)C(C)(C)CCC7(C)C)cc5)c5cc(-n6c7ccccc7c7ccccc76)cc3c54)cc2)cc(C(C)(C)C)c1. The Hall–Kier alpha value is -9.12. The standard InChI is InChI=1S/C82H74BN3/c1-79(2,3)61-45-60(46-62(50-61)80(4,5)6)56-31-38-64(39-32-56)85-75-42-35-59(54-23-15-12-16-24-54)49-71(75)83-70-48-58(53-21-13-11-14-22-53)34-41-74(70)84(63-36-29-55(30-37-63)57-33-40-68-69(47-57)82(9,10)44-43-81(68,7)8)76-51-65(52-77(85)78(76)83)86-72-27-19-17-25-66(72)67-26-18-20-28-73(67)86/h11-42,45-52H,43-44H2,1-10H3. The fourth-order valence-corrected chi connectivity index (χ4v) is 14.5. The summed E-state index contributed by atoms with van der Waals surface area (Å²) in [5.41, 5.74) is 29.9. The van der Waals surface area contributed by atoms with Gasteiger partial charge in [0, 0.05) is 44.9 Å². The largest absolute Gasteiger partial charge is 0.311 e. The van der Waals surface area contributed by atoms with Crippen LogP contribution in [-0.2, 0) is 21.7 Å². The number of fused-ring (bicyclic) bond motifs is 8. The van der Waals surface area contributed by atoms with E-state index in [1.165, 1.54) is 141 Å². The van der Waals surface area contributed by atoms with Crippen LogP contribution in [0.4, 0.5) is 34.1 Å². The lowest BCUT2D eigenvalue weighted by Gasteiger charge is -2.44. The Morgan fingerprint density at radius 1 is 0.326 bits per heavy atom. The van der Waals surface area contributed by atoms with Gasteiger partial charge in [-0.25, -0.2) is 0 Å². The van der Waals surface area contributed by atoms with Crippen molar-refractivity contribution in [3.63, 3.8) is 0 Å². The van der Waals surface area contributed by atoms with Gasteiger partial charge in [0.2, 0.25) is 0 Å². The van der Waals surface area contributed by atoms with Crippen LogP contribution in [0.25, 0.3) is 72.0 Å². The lowest BCUT2D eigenvalue weighted by atomic mass is 9.33. The van der Waals surface area contributed by atoms with Crippen LogP contribution in [0.1, 0.15) is 104 Å². The van der Waals surface area contributed by atoms with Crippen molar-refractivity contribution in [3.05, 3.63) is 265 Å². The van der Waals surface area contributed by atoms with Crippen LogP contribution in [0.5, 0.6) is 0 Å². The van der Waals surface area contributed by atoms with Crippen LogP contribution in [0.3, 0.4) is 0 Å². The molecule has 0 bridgehead atoms. The first-order valence-electron chi connectivity index (χ1n) is 31.1. The molecule has 3 nitrogen and oxygen atoms in total. The summed E-state index contributed by atoms with van der Waals surface area (Å²) in [6.45, 7) is 23.5. The van der Waals surface area contributed by atoms with Crippen molar-refractivity contribution in [1.29, 1.82) is 0 Å². The Balaban J connectivity index is 1.00. The Bertz CT molecular complexity index is 4560. The summed E-state index contributed by atoms with van der Waals surface area (Å²) >= 11 is 0. The minimum absolute atomic E-state index is 0.00397. The van der Waals surface area contributed by atoms with Crippen molar-refractivity contribution in [2.75, 3.05) is 9.80 Å². The first kappa shape index (κ1) is 53.6. The number of para-hydroxylation sites is 2. The van der Waals surface area contributed by atoms with Crippen molar-refractivity contribution < 1.29 is 0 Å². The molecular weight excluding hydrogens is 1040 g/mol. The summed E-state index contributed by atoms with van der Waals surface area (Å²) in [6.07, 6.45) is 2.38. The Morgan fingerprint density at radius 2 is 0.721 bits per heavy atom. The van der Waals surface area contributed by atoms with Crippen LogP contribution in [0.15, 0.2) is 243 Å². The van der Waals surface area contributed by atoms with E-state index in [2.05, 4.69) is 326 Å². The molecule has 0 spiro atoms. The molecule has 420 valence electrons. The van der Waals surface area contributed by atoms with E-state index in [9.17, 15) is 0 Å². The summed E-state index contributed by atoms with van der Waals surface area (Å²) in [6, 6.07) is 92.7. The normalized spacial score (nSPS) is 14.9. The number of benzene rings is 11. The van der Waals surface area contributed by atoms with Crippen LogP contribution in [0.2, 0.25) is 0 Å². The molecule has 0 atom stereocenters. The molecule has 3 aliphatic rings. The molecule has 0 radical (unpaired) electrons. The van der Waals surface area contributed by atoms with Gasteiger partial charge in [0.15, 0.2) is 0 Å². The lowest BCUT2D eigenvalue weighted by molar-refractivity contribution is 0.332. The Morgan fingerprint density at radius 3 is 1.20 bits per heavy atom. The van der Waals surface area contributed by atoms with Crippen molar-refractivity contribution in [2.45, 2.75) is 104 Å². The molecule has 86 heavy (non-hydrogen) atoms. The van der Waals surface area contributed by atoms with Crippen LogP contribution in [0, 0.1) is 0 Å². The average Bonchev–Trinajstić information content (AvgIpc) is 0.813. The quantitative estimate of drug-likeness (QED) is 0.147. The smallest absolute Gasteiger partial charge is 0.252 e. The summed E-state index contributed by atoms with van der Waals surface area (Å²) in [7, 11) is 0. The number of nitrogens with zero attached hydrogens (tertiary/aromatic N) is 3. The highest BCUT2D eigenvalue weighted by Crippen LogP contribution is 2.50. The van der Waals surface area contributed by atoms with Gasteiger partial charge in [-0.1, -0.05) is 251 Å². The number of rotatable bonds is 7. The van der Waals surface area contributed by atoms with Gasteiger partial charge >= 0.3 is 0 Å². The third-order valence-electron chi connectivity index (χ3n) is 19.5. The summed E-state index contributed by atoms with van der Waals surface area (Å²) < 4.78 is 2.51. The number of aromatic nitrogens is 1. The average molecular weight is 1110 g/mol. The maximum Gasteiger partial charge on any atom is 0.252 e. The fraction of sp³-hybridized carbons (Fsp3) is 0.195. The van der Waals surface area contributed by atoms with Crippen LogP contribution >= 0.6 is 0 Å². The summed E-state index contributed by atoms with van der Waals surface area (Å²) in [5, 5.41) is 2.48. The molecule has 0 unspecified atom stereocenters. The maximum atomic E-state index is 2.58. The predicted molar refractivity (Wildman–Crippen MR) is 369 cm³/mol. The van der Waals surface area contributed by atoms with Crippen LogP contribution in [-0.4, -0.2) is 11.3 Å². The molecule has 3 heterocycles. The van der Waals surface area contributed by atoms with E-state index in [-0.39, 0.29) is 28.4 Å². The van der Waals surface area contributed by atoms with E-state index in [1.807, 2.05) is 0 Å². The van der Waals surface area contributed by atoms with E-state index < -0.39 is 0 Å². The molecule has 11 aromatic carbocycles. The lowest BCUT2D eigenvalue weighted by Crippen LogP contribution is -2.61. The van der Waals surface area contributed by atoms with E-state index in [0.29, 0.717) is 0 Å². The second-order valence-electron chi connectivity index (χ2n) is 28.1. The fourth-order valence-electron chi connectivity index (χ4n) is 14.5. The van der Waals surface area contributed by atoms with Gasteiger partial charge in [-0.2, -0.15) is 0 Å². The summed E-state index contributed by atoms with van der Waals surface area (Å²) in [4.78, 5) is 5.17. The number of hydrogen-bond donors (Lipinski definition) is 0.